The summed E-state index contributed by atoms with van der Waals surface area (Å²) in [6.07, 6.45) is 0.674. The van der Waals surface area contributed by atoms with Gasteiger partial charge in [-0.05, 0) is 34.2 Å². The zero-order valence-corrected chi connectivity index (χ0v) is 11.9. The number of thiophene rings is 1. The lowest BCUT2D eigenvalue weighted by molar-refractivity contribution is 0.0307. The number of nitrogens with zero attached hydrogens (tertiary/aromatic N) is 2. The molecule has 17 heavy (non-hydrogen) atoms. The minimum absolute atomic E-state index is 0.335. The van der Waals surface area contributed by atoms with Crippen molar-refractivity contribution in [1.82, 2.24) is 10.1 Å². The molecule has 0 radical (unpaired) electrons. The summed E-state index contributed by atoms with van der Waals surface area (Å²) in [5, 5.41) is 16.2. The lowest BCUT2D eigenvalue weighted by Gasteiger charge is -2.14. The van der Waals surface area contributed by atoms with Gasteiger partial charge in [0.2, 0.25) is 5.82 Å². The third-order valence-electron chi connectivity index (χ3n) is 2.61. The van der Waals surface area contributed by atoms with Crippen LogP contribution in [0.25, 0.3) is 10.7 Å². The quantitative estimate of drug-likeness (QED) is 0.916. The third kappa shape index (κ3) is 2.16. The summed E-state index contributed by atoms with van der Waals surface area (Å²) in [5.74, 6) is 2.43. The van der Waals surface area contributed by atoms with E-state index in [-0.39, 0.29) is 0 Å². The Bertz CT molecular complexity index is 534. The molecule has 3 heterocycles. The number of hydrogen-bond donors (Lipinski definition) is 1. The minimum Gasteiger partial charge on any atom is -0.379 e. The predicted octanol–water partition coefficient (Wildman–Crippen LogP) is 2.89. The SMILES string of the molecule is O[C@]1(c2nc(-c3cc(Br)cs3)no2)CCSC1. The van der Waals surface area contributed by atoms with E-state index in [2.05, 4.69) is 26.1 Å². The van der Waals surface area contributed by atoms with E-state index in [1.54, 1.807) is 11.8 Å². The summed E-state index contributed by atoms with van der Waals surface area (Å²) < 4.78 is 6.18. The Morgan fingerprint density at radius 2 is 2.41 bits per heavy atom. The van der Waals surface area contributed by atoms with Crippen molar-refractivity contribution in [3.8, 4) is 10.7 Å². The molecular formula is C10H9BrN2O2S2. The van der Waals surface area contributed by atoms with Crippen molar-refractivity contribution in [2.24, 2.45) is 0 Å². The second kappa shape index (κ2) is 4.38. The Hall–Kier alpha value is -0.370. The summed E-state index contributed by atoms with van der Waals surface area (Å²) in [6.45, 7) is 0. The number of halogens is 1. The van der Waals surface area contributed by atoms with Gasteiger partial charge in [0.05, 0.1) is 4.88 Å². The van der Waals surface area contributed by atoms with Crippen LogP contribution in [0, 0.1) is 0 Å². The average Bonchev–Trinajstić information content (AvgIpc) is 2.96. The topological polar surface area (TPSA) is 59.2 Å². The van der Waals surface area contributed by atoms with Crippen LogP contribution in [0.15, 0.2) is 20.4 Å². The van der Waals surface area contributed by atoms with E-state index in [9.17, 15) is 5.11 Å². The highest BCUT2D eigenvalue weighted by Gasteiger charge is 2.39. The van der Waals surface area contributed by atoms with Gasteiger partial charge in [0.25, 0.3) is 5.89 Å². The molecule has 2 aromatic heterocycles. The number of aliphatic hydroxyl groups is 1. The number of rotatable bonds is 2. The van der Waals surface area contributed by atoms with Gasteiger partial charge in [0.1, 0.15) is 0 Å². The fourth-order valence-corrected chi connectivity index (χ4v) is 4.25. The van der Waals surface area contributed by atoms with Crippen LogP contribution in [-0.4, -0.2) is 26.8 Å². The van der Waals surface area contributed by atoms with Crippen LogP contribution in [0.3, 0.4) is 0 Å². The molecule has 1 atom stereocenters. The van der Waals surface area contributed by atoms with Crippen molar-refractivity contribution in [1.29, 1.82) is 0 Å². The summed E-state index contributed by atoms with van der Waals surface area (Å²) in [4.78, 5) is 5.23. The molecule has 7 heteroatoms. The summed E-state index contributed by atoms with van der Waals surface area (Å²) in [6, 6.07) is 1.94. The van der Waals surface area contributed by atoms with Crippen molar-refractivity contribution in [2.75, 3.05) is 11.5 Å². The van der Waals surface area contributed by atoms with Crippen LogP contribution in [0.2, 0.25) is 0 Å². The molecule has 0 bridgehead atoms. The monoisotopic (exact) mass is 332 g/mol. The van der Waals surface area contributed by atoms with Crippen molar-refractivity contribution in [3.05, 3.63) is 21.8 Å². The highest BCUT2D eigenvalue weighted by molar-refractivity contribution is 9.10. The van der Waals surface area contributed by atoms with Crippen LogP contribution in [0.4, 0.5) is 0 Å². The summed E-state index contributed by atoms with van der Waals surface area (Å²) in [5.41, 5.74) is -0.940. The normalized spacial score (nSPS) is 24.4. The number of aromatic nitrogens is 2. The number of hydrogen-bond acceptors (Lipinski definition) is 6. The highest BCUT2D eigenvalue weighted by atomic mass is 79.9. The van der Waals surface area contributed by atoms with E-state index < -0.39 is 5.60 Å². The van der Waals surface area contributed by atoms with Gasteiger partial charge in [-0.15, -0.1) is 11.3 Å². The molecule has 0 spiro atoms. The van der Waals surface area contributed by atoms with E-state index in [1.165, 1.54) is 11.3 Å². The standard InChI is InChI=1S/C10H9BrN2O2S2/c11-6-3-7(17-4-6)8-12-9(15-13-8)10(14)1-2-16-5-10/h3-4,14H,1-2,5H2/t10-/m1/s1. The molecule has 1 aliphatic heterocycles. The first-order chi connectivity index (χ1) is 8.17. The molecule has 0 aromatic carbocycles. The smallest absolute Gasteiger partial charge is 0.259 e. The first kappa shape index (κ1) is 11.7. The second-order valence-electron chi connectivity index (χ2n) is 3.89. The Labute approximate surface area is 115 Å². The molecule has 2 aromatic rings. The van der Waals surface area contributed by atoms with E-state index >= 15 is 0 Å². The zero-order valence-electron chi connectivity index (χ0n) is 8.72. The zero-order chi connectivity index (χ0) is 11.9. The highest BCUT2D eigenvalue weighted by Crippen LogP contribution is 2.37. The Balaban J connectivity index is 1.92. The van der Waals surface area contributed by atoms with Gasteiger partial charge in [0, 0.05) is 15.6 Å². The first-order valence-electron chi connectivity index (χ1n) is 5.06. The molecular weight excluding hydrogens is 324 g/mol. The summed E-state index contributed by atoms with van der Waals surface area (Å²) in [7, 11) is 0. The molecule has 4 nitrogen and oxygen atoms in total. The van der Waals surface area contributed by atoms with Crippen LogP contribution >= 0.6 is 39.0 Å². The van der Waals surface area contributed by atoms with Gasteiger partial charge in [-0.1, -0.05) is 5.16 Å². The molecule has 1 saturated heterocycles. The first-order valence-corrected chi connectivity index (χ1v) is 7.89. The van der Waals surface area contributed by atoms with Crippen LogP contribution in [-0.2, 0) is 5.60 Å². The molecule has 0 amide bonds. The molecule has 90 valence electrons. The number of thioether (sulfide) groups is 1. The molecule has 3 rings (SSSR count). The minimum atomic E-state index is -0.940. The fraction of sp³-hybridized carbons (Fsp3) is 0.400. The second-order valence-corrected chi connectivity index (χ2v) is 6.82. The van der Waals surface area contributed by atoms with Gasteiger partial charge in [-0.2, -0.15) is 16.7 Å². The van der Waals surface area contributed by atoms with Gasteiger partial charge < -0.3 is 9.63 Å². The fourth-order valence-electron chi connectivity index (χ4n) is 1.67. The predicted molar refractivity (Wildman–Crippen MR) is 71.1 cm³/mol. The maximum atomic E-state index is 10.3. The van der Waals surface area contributed by atoms with Crippen molar-refractivity contribution in [2.45, 2.75) is 12.0 Å². The van der Waals surface area contributed by atoms with Crippen LogP contribution < -0.4 is 0 Å². The summed E-state index contributed by atoms with van der Waals surface area (Å²) >= 11 is 6.63. The largest absolute Gasteiger partial charge is 0.379 e. The Morgan fingerprint density at radius 1 is 1.53 bits per heavy atom. The van der Waals surface area contributed by atoms with Crippen LogP contribution in [0.1, 0.15) is 12.3 Å². The third-order valence-corrected chi connectivity index (χ3v) is 5.47. The lowest BCUT2D eigenvalue weighted by Crippen LogP contribution is -2.25. The van der Waals surface area contributed by atoms with E-state index in [0.29, 0.717) is 23.9 Å². The average molecular weight is 333 g/mol. The maximum Gasteiger partial charge on any atom is 0.259 e. The van der Waals surface area contributed by atoms with Crippen LogP contribution in [0.5, 0.6) is 0 Å². The molecule has 1 fully saturated rings. The van der Waals surface area contributed by atoms with Gasteiger partial charge >= 0.3 is 0 Å². The van der Waals surface area contributed by atoms with Gasteiger partial charge in [-0.25, -0.2) is 0 Å². The molecule has 0 saturated carbocycles. The van der Waals surface area contributed by atoms with Crippen molar-refractivity contribution >= 4 is 39.0 Å². The Morgan fingerprint density at radius 3 is 3.06 bits per heavy atom. The Kier molecular flexibility index (Phi) is 3.02. The van der Waals surface area contributed by atoms with Gasteiger partial charge in [-0.3, -0.25) is 0 Å². The van der Waals surface area contributed by atoms with Gasteiger partial charge in [0.15, 0.2) is 5.60 Å². The lowest BCUT2D eigenvalue weighted by atomic mass is 10.0. The maximum absolute atomic E-state index is 10.3. The molecule has 1 N–H and O–H groups in total. The van der Waals surface area contributed by atoms with Crippen molar-refractivity contribution < 1.29 is 9.63 Å². The van der Waals surface area contributed by atoms with E-state index in [4.69, 9.17) is 4.52 Å². The van der Waals surface area contributed by atoms with Crippen molar-refractivity contribution in [3.63, 3.8) is 0 Å². The van der Waals surface area contributed by atoms with E-state index in [0.717, 1.165) is 15.1 Å². The molecule has 0 unspecified atom stereocenters. The van der Waals surface area contributed by atoms with E-state index in [1.807, 2.05) is 11.4 Å². The molecule has 0 aliphatic carbocycles. The molecule has 1 aliphatic rings.